The summed E-state index contributed by atoms with van der Waals surface area (Å²) in [5.74, 6) is 1.05. The highest BCUT2D eigenvalue weighted by atomic mass is 19.4. The van der Waals surface area contributed by atoms with Crippen LogP contribution in [-0.4, -0.2) is 74.3 Å². The lowest BCUT2D eigenvalue weighted by atomic mass is 10.1. The maximum Gasteiger partial charge on any atom is 0.416 e. The van der Waals surface area contributed by atoms with E-state index in [2.05, 4.69) is 4.90 Å². The SMILES string of the molecule is CN(C)c1nc(N2CCOCC2)nc2c1CCN(C(=O)c1cccc(C(F)(F)F)c1)CC2. The van der Waals surface area contributed by atoms with Crippen LogP contribution in [0, 0.1) is 0 Å². The molecule has 1 amide bonds. The van der Waals surface area contributed by atoms with Gasteiger partial charge in [0, 0.05) is 57.8 Å². The smallest absolute Gasteiger partial charge is 0.378 e. The van der Waals surface area contributed by atoms with E-state index in [0.29, 0.717) is 58.2 Å². The Hall–Kier alpha value is -2.88. The molecule has 7 nitrogen and oxygen atoms in total. The topological polar surface area (TPSA) is 61.8 Å². The molecular formula is C22H26F3N5O2. The zero-order valence-electron chi connectivity index (χ0n) is 18.2. The molecule has 2 aromatic rings. The van der Waals surface area contributed by atoms with Crippen molar-refractivity contribution in [3.63, 3.8) is 0 Å². The predicted molar refractivity (Wildman–Crippen MR) is 114 cm³/mol. The zero-order valence-corrected chi connectivity index (χ0v) is 18.2. The number of carbonyl (C=O) groups is 1. The Balaban J connectivity index is 1.58. The number of carbonyl (C=O) groups excluding carboxylic acids is 1. The molecule has 1 fully saturated rings. The van der Waals surface area contributed by atoms with Crippen LogP contribution in [-0.2, 0) is 23.8 Å². The molecule has 1 aromatic carbocycles. The van der Waals surface area contributed by atoms with Gasteiger partial charge in [0.2, 0.25) is 5.95 Å². The highest BCUT2D eigenvalue weighted by Crippen LogP contribution is 2.30. The van der Waals surface area contributed by atoms with Gasteiger partial charge in [0.05, 0.1) is 24.5 Å². The first-order valence-electron chi connectivity index (χ1n) is 10.6. The summed E-state index contributed by atoms with van der Waals surface area (Å²) in [5, 5.41) is 0. The van der Waals surface area contributed by atoms with Gasteiger partial charge in [0.25, 0.3) is 5.91 Å². The van der Waals surface area contributed by atoms with Gasteiger partial charge in [-0.2, -0.15) is 18.2 Å². The van der Waals surface area contributed by atoms with E-state index in [1.807, 2.05) is 19.0 Å². The van der Waals surface area contributed by atoms with Crippen molar-refractivity contribution in [1.82, 2.24) is 14.9 Å². The van der Waals surface area contributed by atoms with Crippen molar-refractivity contribution in [3.05, 3.63) is 46.6 Å². The number of halogens is 3. The Labute approximate surface area is 184 Å². The number of alkyl halides is 3. The van der Waals surface area contributed by atoms with Crippen molar-refractivity contribution in [1.29, 1.82) is 0 Å². The number of ether oxygens (including phenoxy) is 1. The van der Waals surface area contributed by atoms with Crippen LogP contribution in [0.3, 0.4) is 0 Å². The number of hydrogen-bond donors (Lipinski definition) is 0. The number of hydrogen-bond acceptors (Lipinski definition) is 6. The van der Waals surface area contributed by atoms with Gasteiger partial charge in [0.15, 0.2) is 0 Å². The van der Waals surface area contributed by atoms with Crippen LogP contribution in [0.25, 0.3) is 0 Å². The summed E-state index contributed by atoms with van der Waals surface area (Å²) in [6, 6.07) is 4.59. The summed E-state index contributed by atoms with van der Waals surface area (Å²) < 4.78 is 44.6. The van der Waals surface area contributed by atoms with Crippen molar-refractivity contribution >= 4 is 17.7 Å². The van der Waals surface area contributed by atoms with E-state index in [0.717, 1.165) is 29.2 Å². The van der Waals surface area contributed by atoms with Gasteiger partial charge < -0.3 is 19.4 Å². The van der Waals surface area contributed by atoms with Crippen molar-refractivity contribution in [2.75, 3.05) is 63.3 Å². The molecule has 0 saturated carbocycles. The van der Waals surface area contributed by atoms with Crippen LogP contribution in [0.1, 0.15) is 27.2 Å². The number of anilines is 2. The molecule has 0 spiro atoms. The van der Waals surface area contributed by atoms with Gasteiger partial charge in [-0.25, -0.2) is 4.98 Å². The molecule has 0 atom stereocenters. The largest absolute Gasteiger partial charge is 0.416 e. The van der Waals surface area contributed by atoms with E-state index in [9.17, 15) is 18.0 Å². The van der Waals surface area contributed by atoms with E-state index in [4.69, 9.17) is 14.7 Å². The predicted octanol–water partition coefficient (Wildman–Crippen LogP) is 2.64. The molecule has 2 aliphatic heterocycles. The molecule has 1 saturated heterocycles. The Bertz CT molecular complexity index is 990. The summed E-state index contributed by atoms with van der Waals surface area (Å²) in [4.78, 5) is 28.2. The first-order chi connectivity index (χ1) is 15.2. The van der Waals surface area contributed by atoms with Gasteiger partial charge in [-0.15, -0.1) is 0 Å². The second kappa shape index (κ2) is 8.93. The van der Waals surface area contributed by atoms with Gasteiger partial charge in [0.1, 0.15) is 5.82 Å². The molecule has 32 heavy (non-hydrogen) atoms. The monoisotopic (exact) mass is 449 g/mol. The van der Waals surface area contributed by atoms with Crippen LogP contribution in [0.5, 0.6) is 0 Å². The number of morpholine rings is 1. The van der Waals surface area contributed by atoms with Crippen LogP contribution in [0.15, 0.2) is 24.3 Å². The Morgan fingerprint density at radius 3 is 2.47 bits per heavy atom. The fourth-order valence-electron chi connectivity index (χ4n) is 4.06. The molecule has 172 valence electrons. The van der Waals surface area contributed by atoms with Gasteiger partial charge in [-0.3, -0.25) is 4.79 Å². The third-order valence-electron chi connectivity index (χ3n) is 5.75. The fraction of sp³-hybridized carbons (Fsp3) is 0.500. The van der Waals surface area contributed by atoms with E-state index < -0.39 is 17.6 Å². The van der Waals surface area contributed by atoms with Crippen molar-refractivity contribution in [2.24, 2.45) is 0 Å². The molecule has 0 N–H and O–H groups in total. The Morgan fingerprint density at radius 1 is 1.06 bits per heavy atom. The molecule has 2 aliphatic rings. The third kappa shape index (κ3) is 4.64. The maximum absolute atomic E-state index is 13.1. The molecule has 0 unspecified atom stereocenters. The average Bonchev–Trinajstić information content (AvgIpc) is 3.00. The van der Waals surface area contributed by atoms with Crippen molar-refractivity contribution in [2.45, 2.75) is 19.0 Å². The average molecular weight is 449 g/mol. The molecule has 3 heterocycles. The number of nitrogens with zero attached hydrogens (tertiary/aromatic N) is 5. The summed E-state index contributed by atoms with van der Waals surface area (Å²) in [5.41, 5.74) is 1.08. The fourth-order valence-corrected chi connectivity index (χ4v) is 4.06. The van der Waals surface area contributed by atoms with E-state index in [-0.39, 0.29) is 5.56 Å². The van der Waals surface area contributed by atoms with Gasteiger partial charge >= 0.3 is 6.18 Å². The number of aromatic nitrogens is 2. The third-order valence-corrected chi connectivity index (χ3v) is 5.75. The van der Waals surface area contributed by atoms with E-state index >= 15 is 0 Å². The molecule has 10 heteroatoms. The molecule has 0 radical (unpaired) electrons. The minimum Gasteiger partial charge on any atom is -0.378 e. The minimum absolute atomic E-state index is 0.0405. The molecule has 0 aliphatic carbocycles. The van der Waals surface area contributed by atoms with Crippen LogP contribution in [0.2, 0.25) is 0 Å². The highest BCUT2D eigenvalue weighted by Gasteiger charge is 2.32. The molecular weight excluding hydrogens is 423 g/mol. The molecule has 1 aromatic heterocycles. The Kier molecular flexibility index (Phi) is 6.23. The zero-order chi connectivity index (χ0) is 22.9. The number of benzene rings is 1. The summed E-state index contributed by atoms with van der Waals surface area (Å²) in [7, 11) is 3.84. The molecule has 4 rings (SSSR count). The standard InChI is InChI=1S/C22H26F3N5O2/c1-28(2)19-17-6-8-29(20(31)15-4-3-5-16(14-15)22(23,24)25)9-7-18(17)26-21(27-19)30-10-12-32-13-11-30/h3-5,14H,6-13H2,1-2H3. The second-order valence-electron chi connectivity index (χ2n) is 8.14. The lowest BCUT2D eigenvalue weighted by Crippen LogP contribution is -2.38. The normalized spacial score (nSPS) is 17.0. The van der Waals surface area contributed by atoms with Crippen LogP contribution < -0.4 is 9.80 Å². The molecule has 0 bridgehead atoms. The first-order valence-corrected chi connectivity index (χ1v) is 10.6. The maximum atomic E-state index is 13.1. The number of fused-ring (bicyclic) bond motifs is 1. The van der Waals surface area contributed by atoms with Gasteiger partial charge in [-0.1, -0.05) is 6.07 Å². The van der Waals surface area contributed by atoms with E-state index in [1.54, 1.807) is 4.90 Å². The Morgan fingerprint density at radius 2 is 1.78 bits per heavy atom. The summed E-state index contributed by atoms with van der Waals surface area (Å²) >= 11 is 0. The van der Waals surface area contributed by atoms with E-state index in [1.165, 1.54) is 12.1 Å². The highest BCUT2D eigenvalue weighted by molar-refractivity contribution is 5.94. The second-order valence-corrected chi connectivity index (χ2v) is 8.14. The summed E-state index contributed by atoms with van der Waals surface area (Å²) in [6.07, 6.45) is -3.44. The van der Waals surface area contributed by atoms with Crippen LogP contribution in [0.4, 0.5) is 24.9 Å². The lowest BCUT2D eigenvalue weighted by molar-refractivity contribution is -0.137. The summed E-state index contributed by atoms with van der Waals surface area (Å²) in [6.45, 7) is 3.45. The minimum atomic E-state index is -4.49. The van der Waals surface area contributed by atoms with Crippen LogP contribution >= 0.6 is 0 Å². The quantitative estimate of drug-likeness (QED) is 0.718. The van der Waals surface area contributed by atoms with Crippen molar-refractivity contribution in [3.8, 4) is 0 Å². The lowest BCUT2D eigenvalue weighted by Gasteiger charge is -2.28. The first kappa shape index (κ1) is 22.3. The van der Waals surface area contributed by atoms with Crippen molar-refractivity contribution < 1.29 is 22.7 Å². The number of rotatable bonds is 3. The number of amides is 1. The van der Waals surface area contributed by atoms with Gasteiger partial charge in [-0.05, 0) is 24.6 Å².